The van der Waals surface area contributed by atoms with E-state index in [9.17, 15) is 9.90 Å². The molecule has 2 atom stereocenters. The highest BCUT2D eigenvalue weighted by atomic mass is 79.9. The van der Waals surface area contributed by atoms with Crippen LogP contribution in [0.5, 0.6) is 5.75 Å². The Bertz CT molecular complexity index is 477. The summed E-state index contributed by atoms with van der Waals surface area (Å²) in [5, 5.41) is 12.3. The van der Waals surface area contributed by atoms with Crippen molar-refractivity contribution in [1.82, 2.24) is 4.98 Å². The molecule has 0 bridgehead atoms. The Hall–Kier alpha value is -1.18. The topological polar surface area (TPSA) is 80.7 Å². The molecule has 2 unspecified atom stereocenters. The van der Waals surface area contributed by atoms with Crippen molar-refractivity contribution in [3.8, 4) is 5.75 Å². The molecule has 2 heterocycles. The Morgan fingerprint density at radius 3 is 3.25 bits per heavy atom. The second kappa shape index (κ2) is 7.01. The van der Waals surface area contributed by atoms with E-state index in [0.29, 0.717) is 11.1 Å². The summed E-state index contributed by atoms with van der Waals surface area (Å²) in [5.41, 5.74) is 0. The maximum atomic E-state index is 11.9. The Kier molecular flexibility index (Phi) is 5.33. The molecule has 0 aromatic carbocycles. The van der Waals surface area contributed by atoms with Gasteiger partial charge in [0.25, 0.3) is 5.91 Å². The second-order valence-electron chi connectivity index (χ2n) is 4.59. The first-order valence-corrected chi connectivity index (χ1v) is 7.24. The lowest BCUT2D eigenvalue weighted by Crippen LogP contribution is -2.30. The van der Waals surface area contributed by atoms with Crippen molar-refractivity contribution in [3.63, 3.8) is 0 Å². The molecule has 110 valence electrons. The molecule has 1 aromatic rings. The van der Waals surface area contributed by atoms with E-state index in [1.807, 2.05) is 0 Å². The van der Waals surface area contributed by atoms with Gasteiger partial charge in [0.2, 0.25) is 0 Å². The summed E-state index contributed by atoms with van der Waals surface area (Å²) >= 11 is 3.16. The zero-order valence-corrected chi connectivity index (χ0v) is 12.7. The number of halogens is 1. The standard InChI is InChI=1S/C13H17BrN2O4/c1-8(20-7-9-3-2-6-19-9)13(18)16-12-11(17)10(14)4-5-15-12/h4-5,8-9,17H,2-3,6-7H2,1H3,(H,15,16,18). The van der Waals surface area contributed by atoms with E-state index in [0.717, 1.165) is 19.4 Å². The van der Waals surface area contributed by atoms with Crippen molar-refractivity contribution < 1.29 is 19.4 Å². The summed E-state index contributed by atoms with van der Waals surface area (Å²) in [7, 11) is 0. The summed E-state index contributed by atoms with van der Waals surface area (Å²) in [6.45, 7) is 2.80. The number of nitrogens with one attached hydrogen (secondary N) is 1. The maximum absolute atomic E-state index is 11.9. The van der Waals surface area contributed by atoms with Crippen molar-refractivity contribution in [1.29, 1.82) is 0 Å². The molecular weight excluding hydrogens is 328 g/mol. The summed E-state index contributed by atoms with van der Waals surface area (Å²) in [6.07, 6.45) is 2.91. The van der Waals surface area contributed by atoms with E-state index in [2.05, 4.69) is 26.2 Å². The molecule has 1 amide bonds. The fourth-order valence-electron chi connectivity index (χ4n) is 1.84. The van der Waals surface area contributed by atoms with Crippen molar-refractivity contribution in [2.75, 3.05) is 18.5 Å². The van der Waals surface area contributed by atoms with E-state index in [-0.39, 0.29) is 23.6 Å². The molecule has 0 saturated carbocycles. The van der Waals surface area contributed by atoms with Crippen molar-refractivity contribution in [3.05, 3.63) is 16.7 Å². The number of nitrogens with zero attached hydrogens (tertiary/aromatic N) is 1. The van der Waals surface area contributed by atoms with Crippen LogP contribution in [0.3, 0.4) is 0 Å². The van der Waals surface area contributed by atoms with Gasteiger partial charge in [-0.3, -0.25) is 4.79 Å². The number of rotatable bonds is 5. The summed E-state index contributed by atoms with van der Waals surface area (Å²) < 4.78 is 11.4. The van der Waals surface area contributed by atoms with E-state index >= 15 is 0 Å². The highest BCUT2D eigenvalue weighted by Gasteiger charge is 2.21. The van der Waals surface area contributed by atoms with Gasteiger partial charge in [0.1, 0.15) is 6.10 Å². The number of pyridine rings is 1. The molecule has 6 nitrogen and oxygen atoms in total. The molecule has 1 aromatic heterocycles. The van der Waals surface area contributed by atoms with Gasteiger partial charge in [0.05, 0.1) is 17.2 Å². The van der Waals surface area contributed by atoms with Crippen molar-refractivity contribution in [2.24, 2.45) is 0 Å². The fourth-order valence-corrected chi connectivity index (χ4v) is 2.15. The lowest BCUT2D eigenvalue weighted by Gasteiger charge is -2.16. The molecule has 2 rings (SSSR count). The summed E-state index contributed by atoms with van der Waals surface area (Å²) in [5.74, 6) is -0.354. The van der Waals surface area contributed by atoms with Gasteiger partial charge in [-0.05, 0) is 41.8 Å². The molecule has 0 radical (unpaired) electrons. The first-order valence-electron chi connectivity index (χ1n) is 6.45. The molecule has 1 aliphatic heterocycles. The van der Waals surface area contributed by atoms with Crippen LogP contribution >= 0.6 is 15.9 Å². The Balaban J connectivity index is 1.85. The molecule has 1 saturated heterocycles. The van der Waals surface area contributed by atoms with Crippen LogP contribution in [0.25, 0.3) is 0 Å². The van der Waals surface area contributed by atoms with Crippen molar-refractivity contribution in [2.45, 2.75) is 32.0 Å². The van der Waals surface area contributed by atoms with Gasteiger partial charge in [-0.15, -0.1) is 0 Å². The Morgan fingerprint density at radius 1 is 1.75 bits per heavy atom. The maximum Gasteiger partial charge on any atom is 0.254 e. The van der Waals surface area contributed by atoms with Crippen LogP contribution in [0, 0.1) is 0 Å². The van der Waals surface area contributed by atoms with Gasteiger partial charge in [-0.2, -0.15) is 0 Å². The number of carbonyl (C=O) groups excluding carboxylic acids is 1. The normalized spacial score (nSPS) is 19.8. The third kappa shape index (κ3) is 3.91. The minimum absolute atomic E-state index is 0.0719. The molecular formula is C13H17BrN2O4. The quantitative estimate of drug-likeness (QED) is 0.854. The number of hydrogen-bond donors (Lipinski definition) is 2. The zero-order chi connectivity index (χ0) is 14.5. The third-order valence-electron chi connectivity index (χ3n) is 3.04. The Morgan fingerprint density at radius 2 is 2.55 bits per heavy atom. The van der Waals surface area contributed by atoms with E-state index in [4.69, 9.17) is 9.47 Å². The minimum Gasteiger partial charge on any atom is -0.503 e. The highest BCUT2D eigenvalue weighted by Crippen LogP contribution is 2.29. The number of anilines is 1. The van der Waals surface area contributed by atoms with Crippen LogP contribution in [0.2, 0.25) is 0 Å². The largest absolute Gasteiger partial charge is 0.503 e. The van der Waals surface area contributed by atoms with Crippen LogP contribution in [-0.2, 0) is 14.3 Å². The Labute approximate surface area is 125 Å². The third-order valence-corrected chi connectivity index (χ3v) is 3.68. The van der Waals surface area contributed by atoms with Crippen LogP contribution < -0.4 is 5.32 Å². The van der Waals surface area contributed by atoms with Gasteiger partial charge < -0.3 is 19.9 Å². The number of aromatic nitrogens is 1. The molecule has 20 heavy (non-hydrogen) atoms. The first kappa shape index (κ1) is 15.2. The van der Waals surface area contributed by atoms with E-state index in [1.165, 1.54) is 6.20 Å². The summed E-state index contributed by atoms with van der Waals surface area (Å²) in [6, 6.07) is 1.59. The lowest BCUT2D eigenvalue weighted by atomic mass is 10.2. The van der Waals surface area contributed by atoms with Gasteiger partial charge >= 0.3 is 0 Å². The predicted molar refractivity (Wildman–Crippen MR) is 76.6 cm³/mol. The zero-order valence-electron chi connectivity index (χ0n) is 11.1. The number of hydrogen-bond acceptors (Lipinski definition) is 5. The van der Waals surface area contributed by atoms with Gasteiger partial charge in [0, 0.05) is 12.8 Å². The molecule has 1 fully saturated rings. The number of aromatic hydroxyl groups is 1. The minimum atomic E-state index is -0.639. The highest BCUT2D eigenvalue weighted by molar-refractivity contribution is 9.10. The average Bonchev–Trinajstić information content (AvgIpc) is 2.94. The van der Waals surface area contributed by atoms with Crippen LogP contribution in [0.15, 0.2) is 16.7 Å². The predicted octanol–water partition coefficient (Wildman–Crippen LogP) is 2.07. The molecule has 1 aliphatic rings. The van der Waals surface area contributed by atoms with Gasteiger partial charge in [-0.25, -0.2) is 4.98 Å². The molecule has 0 aliphatic carbocycles. The smallest absolute Gasteiger partial charge is 0.254 e. The molecule has 2 N–H and O–H groups in total. The van der Waals surface area contributed by atoms with Crippen molar-refractivity contribution >= 4 is 27.7 Å². The van der Waals surface area contributed by atoms with Crippen LogP contribution in [-0.4, -0.2) is 41.4 Å². The second-order valence-corrected chi connectivity index (χ2v) is 5.44. The molecule has 7 heteroatoms. The number of amides is 1. The average molecular weight is 345 g/mol. The first-order chi connectivity index (χ1) is 9.58. The number of carbonyl (C=O) groups is 1. The van der Waals surface area contributed by atoms with Gasteiger partial charge in [-0.1, -0.05) is 0 Å². The fraction of sp³-hybridized carbons (Fsp3) is 0.538. The summed E-state index contributed by atoms with van der Waals surface area (Å²) in [4.78, 5) is 15.8. The van der Waals surface area contributed by atoms with Crippen LogP contribution in [0.4, 0.5) is 5.82 Å². The van der Waals surface area contributed by atoms with Gasteiger partial charge in [0.15, 0.2) is 11.6 Å². The monoisotopic (exact) mass is 344 g/mol. The number of ether oxygens (including phenoxy) is 2. The lowest BCUT2D eigenvalue weighted by molar-refractivity contribution is -0.128. The van der Waals surface area contributed by atoms with E-state index < -0.39 is 6.10 Å². The van der Waals surface area contributed by atoms with E-state index in [1.54, 1.807) is 13.0 Å². The molecule has 0 spiro atoms. The van der Waals surface area contributed by atoms with Crippen LogP contribution in [0.1, 0.15) is 19.8 Å². The SMILES string of the molecule is CC(OCC1CCCO1)C(=O)Nc1nccc(Br)c1O.